The number of rotatable bonds is 6. The van der Waals surface area contributed by atoms with E-state index >= 15 is 0 Å². The van der Waals surface area contributed by atoms with Crippen molar-refractivity contribution in [2.24, 2.45) is 0 Å². The molecule has 17 heavy (non-hydrogen) atoms. The second kappa shape index (κ2) is 7.67. The standard InChI is InChI=1S/C13H25NO3/c1-2-17-10-7-12(16)14-13(11-15)8-5-3-4-6-9-13/h15H,2-11H2,1H3,(H,14,16). The molecule has 1 aliphatic carbocycles. The van der Waals surface area contributed by atoms with E-state index in [1.165, 1.54) is 12.8 Å². The smallest absolute Gasteiger partial charge is 0.222 e. The summed E-state index contributed by atoms with van der Waals surface area (Å²) in [5, 5.41) is 12.6. The van der Waals surface area contributed by atoms with Crippen molar-refractivity contribution in [3.63, 3.8) is 0 Å². The molecular weight excluding hydrogens is 218 g/mol. The van der Waals surface area contributed by atoms with Gasteiger partial charge in [0.25, 0.3) is 0 Å². The number of carbonyl (C=O) groups is 1. The Kier molecular flexibility index (Phi) is 6.52. The van der Waals surface area contributed by atoms with E-state index in [-0.39, 0.29) is 18.1 Å². The normalized spacial score (nSPS) is 19.6. The Labute approximate surface area is 104 Å². The molecule has 0 aromatic rings. The van der Waals surface area contributed by atoms with Crippen LogP contribution in [0.25, 0.3) is 0 Å². The van der Waals surface area contributed by atoms with Crippen LogP contribution in [0, 0.1) is 0 Å². The third-order valence-corrected chi connectivity index (χ3v) is 3.45. The van der Waals surface area contributed by atoms with Gasteiger partial charge in [0.05, 0.1) is 18.8 Å². The second-order valence-corrected chi connectivity index (χ2v) is 4.85. The van der Waals surface area contributed by atoms with Gasteiger partial charge in [0.15, 0.2) is 0 Å². The maximum absolute atomic E-state index is 11.8. The molecule has 4 nitrogen and oxygen atoms in total. The van der Waals surface area contributed by atoms with Crippen LogP contribution in [-0.2, 0) is 9.53 Å². The zero-order chi connectivity index (χ0) is 12.6. The molecule has 0 radical (unpaired) electrons. The van der Waals surface area contributed by atoms with Gasteiger partial charge in [0.2, 0.25) is 5.91 Å². The van der Waals surface area contributed by atoms with Gasteiger partial charge in [-0.25, -0.2) is 0 Å². The summed E-state index contributed by atoms with van der Waals surface area (Å²) in [5.41, 5.74) is -0.375. The van der Waals surface area contributed by atoms with Crippen LogP contribution in [0.4, 0.5) is 0 Å². The topological polar surface area (TPSA) is 58.6 Å². The minimum atomic E-state index is -0.375. The number of ether oxygens (including phenoxy) is 1. The van der Waals surface area contributed by atoms with Gasteiger partial charge in [-0.2, -0.15) is 0 Å². The predicted octanol–water partition coefficient (Wildman–Crippen LogP) is 1.61. The van der Waals surface area contributed by atoms with Gasteiger partial charge in [-0.1, -0.05) is 25.7 Å². The largest absolute Gasteiger partial charge is 0.394 e. The van der Waals surface area contributed by atoms with Crippen LogP contribution in [0.2, 0.25) is 0 Å². The highest BCUT2D eigenvalue weighted by molar-refractivity contribution is 5.76. The molecule has 4 heteroatoms. The Hall–Kier alpha value is -0.610. The summed E-state index contributed by atoms with van der Waals surface area (Å²) in [6.45, 7) is 3.06. The molecular formula is C13H25NO3. The zero-order valence-corrected chi connectivity index (χ0v) is 10.8. The van der Waals surface area contributed by atoms with Crippen LogP contribution in [-0.4, -0.2) is 36.4 Å². The van der Waals surface area contributed by atoms with Gasteiger partial charge in [0.1, 0.15) is 0 Å². The molecule has 0 unspecified atom stereocenters. The van der Waals surface area contributed by atoms with Crippen molar-refractivity contribution in [2.45, 2.75) is 57.4 Å². The lowest BCUT2D eigenvalue weighted by Gasteiger charge is -2.32. The van der Waals surface area contributed by atoms with Crippen molar-refractivity contribution >= 4 is 5.91 Å². The summed E-state index contributed by atoms with van der Waals surface area (Å²) in [5.74, 6) is -0.00519. The number of hydrogen-bond acceptors (Lipinski definition) is 3. The molecule has 1 aliphatic rings. The first-order chi connectivity index (χ1) is 8.22. The number of hydrogen-bond donors (Lipinski definition) is 2. The Morgan fingerprint density at radius 2 is 1.94 bits per heavy atom. The number of carbonyl (C=O) groups excluding carboxylic acids is 1. The van der Waals surface area contributed by atoms with E-state index in [1.54, 1.807) is 0 Å². The average Bonchev–Trinajstić information content (AvgIpc) is 2.56. The van der Waals surface area contributed by atoms with E-state index in [2.05, 4.69) is 5.32 Å². The fraction of sp³-hybridized carbons (Fsp3) is 0.923. The Bertz CT molecular complexity index is 223. The quantitative estimate of drug-likeness (QED) is 0.550. The predicted molar refractivity (Wildman–Crippen MR) is 66.8 cm³/mol. The highest BCUT2D eigenvalue weighted by Gasteiger charge is 2.31. The average molecular weight is 243 g/mol. The Morgan fingerprint density at radius 1 is 1.29 bits per heavy atom. The maximum atomic E-state index is 11.8. The minimum Gasteiger partial charge on any atom is -0.394 e. The van der Waals surface area contributed by atoms with Crippen LogP contribution in [0.5, 0.6) is 0 Å². The fourth-order valence-electron chi connectivity index (χ4n) is 2.40. The number of aliphatic hydroxyl groups excluding tert-OH is 1. The lowest BCUT2D eigenvalue weighted by molar-refractivity contribution is -0.124. The molecule has 1 rings (SSSR count). The van der Waals surface area contributed by atoms with E-state index in [0.717, 1.165) is 25.7 Å². The summed E-state index contributed by atoms with van der Waals surface area (Å²) >= 11 is 0. The summed E-state index contributed by atoms with van der Waals surface area (Å²) < 4.78 is 5.16. The van der Waals surface area contributed by atoms with Crippen LogP contribution in [0.1, 0.15) is 51.9 Å². The molecule has 0 aromatic heterocycles. The monoisotopic (exact) mass is 243 g/mol. The molecule has 1 amide bonds. The molecule has 100 valence electrons. The molecule has 0 aliphatic heterocycles. The van der Waals surface area contributed by atoms with Crippen LogP contribution in [0.3, 0.4) is 0 Å². The van der Waals surface area contributed by atoms with Crippen LogP contribution >= 0.6 is 0 Å². The van der Waals surface area contributed by atoms with Gasteiger partial charge < -0.3 is 15.2 Å². The third kappa shape index (κ3) is 5.04. The van der Waals surface area contributed by atoms with E-state index in [9.17, 15) is 9.90 Å². The van der Waals surface area contributed by atoms with Crippen molar-refractivity contribution in [1.29, 1.82) is 0 Å². The highest BCUT2D eigenvalue weighted by Crippen LogP contribution is 2.26. The zero-order valence-electron chi connectivity index (χ0n) is 10.8. The van der Waals surface area contributed by atoms with Gasteiger partial charge in [0, 0.05) is 13.0 Å². The summed E-state index contributed by atoms with van der Waals surface area (Å²) in [4.78, 5) is 11.8. The van der Waals surface area contributed by atoms with Gasteiger partial charge in [-0.15, -0.1) is 0 Å². The summed E-state index contributed by atoms with van der Waals surface area (Å²) in [7, 11) is 0. The molecule has 2 N–H and O–H groups in total. The van der Waals surface area contributed by atoms with Gasteiger partial charge in [-0.05, 0) is 19.8 Å². The molecule has 0 aromatic carbocycles. The van der Waals surface area contributed by atoms with Gasteiger partial charge >= 0.3 is 0 Å². The van der Waals surface area contributed by atoms with Crippen LogP contribution < -0.4 is 5.32 Å². The first-order valence-corrected chi connectivity index (χ1v) is 6.72. The SMILES string of the molecule is CCOCCC(=O)NC1(CO)CCCCCC1. The molecule has 1 saturated carbocycles. The van der Waals surface area contributed by atoms with Crippen molar-refractivity contribution in [2.75, 3.05) is 19.8 Å². The summed E-state index contributed by atoms with van der Waals surface area (Å²) in [6, 6.07) is 0. The van der Waals surface area contributed by atoms with Crippen molar-refractivity contribution in [1.82, 2.24) is 5.32 Å². The maximum Gasteiger partial charge on any atom is 0.222 e. The van der Waals surface area contributed by atoms with E-state index in [4.69, 9.17) is 4.74 Å². The first kappa shape index (κ1) is 14.5. The molecule has 0 atom stereocenters. The lowest BCUT2D eigenvalue weighted by atomic mass is 9.91. The molecule has 0 saturated heterocycles. The van der Waals surface area contributed by atoms with Crippen molar-refractivity contribution < 1.29 is 14.6 Å². The minimum absolute atomic E-state index is 0.00519. The Balaban J connectivity index is 2.40. The fourth-order valence-corrected chi connectivity index (χ4v) is 2.40. The lowest BCUT2D eigenvalue weighted by Crippen LogP contribution is -2.51. The van der Waals surface area contributed by atoms with E-state index in [0.29, 0.717) is 19.6 Å². The molecule has 0 bridgehead atoms. The molecule has 0 heterocycles. The van der Waals surface area contributed by atoms with Crippen molar-refractivity contribution in [3.05, 3.63) is 0 Å². The number of amides is 1. The number of nitrogens with one attached hydrogen (secondary N) is 1. The Morgan fingerprint density at radius 3 is 2.47 bits per heavy atom. The van der Waals surface area contributed by atoms with Crippen molar-refractivity contribution in [3.8, 4) is 0 Å². The number of aliphatic hydroxyl groups is 1. The third-order valence-electron chi connectivity index (χ3n) is 3.45. The molecule has 0 spiro atoms. The van der Waals surface area contributed by atoms with Crippen LogP contribution in [0.15, 0.2) is 0 Å². The first-order valence-electron chi connectivity index (χ1n) is 6.72. The molecule has 1 fully saturated rings. The highest BCUT2D eigenvalue weighted by atomic mass is 16.5. The van der Waals surface area contributed by atoms with E-state index < -0.39 is 0 Å². The second-order valence-electron chi connectivity index (χ2n) is 4.85. The van der Waals surface area contributed by atoms with Gasteiger partial charge in [-0.3, -0.25) is 4.79 Å². The van der Waals surface area contributed by atoms with E-state index in [1.807, 2.05) is 6.92 Å². The summed E-state index contributed by atoms with van der Waals surface area (Å²) in [6.07, 6.45) is 6.76.